The largest absolute Gasteiger partial charge is 0.368 e. The summed E-state index contributed by atoms with van der Waals surface area (Å²) in [6.45, 7) is 8.02. The Hall–Kier alpha value is -2.44. The van der Waals surface area contributed by atoms with Gasteiger partial charge in [0.1, 0.15) is 5.83 Å². The summed E-state index contributed by atoms with van der Waals surface area (Å²) in [5, 5.41) is 7.64. The highest BCUT2D eigenvalue weighted by Gasteiger charge is 2.50. The lowest BCUT2D eigenvalue weighted by Gasteiger charge is -2.56. The van der Waals surface area contributed by atoms with Crippen LogP contribution in [-0.2, 0) is 0 Å². The lowest BCUT2D eigenvalue weighted by Crippen LogP contribution is -2.51. The maximum atomic E-state index is 13.2. The third kappa shape index (κ3) is 4.07. The summed E-state index contributed by atoms with van der Waals surface area (Å²) >= 11 is 0. The molecule has 5 rings (SSSR count). The van der Waals surface area contributed by atoms with Crippen LogP contribution in [0.15, 0.2) is 35.9 Å². The van der Waals surface area contributed by atoms with Crippen LogP contribution in [0, 0.1) is 23.2 Å². The SMILES string of the molecule is C=C/C(F)=C\N=C(N)n1cc(C(=O)NCC23CC4CC(CC(C4)C2)C3)c(C(C)C)n1. The molecule has 3 N–H and O–H groups in total. The molecule has 1 heterocycles. The van der Waals surface area contributed by atoms with Gasteiger partial charge in [-0.25, -0.2) is 14.1 Å². The molecule has 1 aromatic rings. The average molecular weight is 414 g/mol. The Morgan fingerprint density at radius 3 is 2.50 bits per heavy atom. The quantitative estimate of drug-likeness (QED) is 0.418. The van der Waals surface area contributed by atoms with Gasteiger partial charge in [0.2, 0.25) is 5.96 Å². The number of carbonyl (C=O) groups excluding carboxylic acids is 1. The molecule has 4 bridgehead atoms. The van der Waals surface area contributed by atoms with Crippen molar-refractivity contribution >= 4 is 11.9 Å². The van der Waals surface area contributed by atoms with Gasteiger partial charge in [0.15, 0.2) is 0 Å². The third-order valence-corrected chi connectivity index (χ3v) is 7.07. The van der Waals surface area contributed by atoms with Crippen molar-refractivity contribution in [1.82, 2.24) is 15.1 Å². The van der Waals surface area contributed by atoms with Crippen molar-refractivity contribution in [3.8, 4) is 0 Å². The molecule has 0 unspecified atom stereocenters. The molecule has 6 nitrogen and oxygen atoms in total. The first kappa shape index (κ1) is 20.8. The van der Waals surface area contributed by atoms with E-state index in [1.165, 1.54) is 43.2 Å². The molecule has 7 heteroatoms. The molecule has 0 aliphatic heterocycles. The van der Waals surface area contributed by atoms with Crippen LogP contribution >= 0.6 is 0 Å². The number of nitrogens with one attached hydrogen (secondary N) is 1. The van der Waals surface area contributed by atoms with Crippen molar-refractivity contribution in [2.75, 3.05) is 6.54 Å². The van der Waals surface area contributed by atoms with E-state index in [0.717, 1.165) is 36.6 Å². The number of carbonyl (C=O) groups is 1. The standard InChI is InChI=1S/C23H32FN5O/c1-4-18(24)11-26-22(25)29-12-19(20(28-29)14(2)3)21(30)27-13-23-8-15-5-16(9-23)7-17(6-15)10-23/h4,11-12,14-17H,1,5-10,13H2,2-3H3,(H2,25,26)(H,27,30)/b18-11+. The fraction of sp³-hybridized carbons (Fsp3) is 0.609. The van der Waals surface area contributed by atoms with Crippen molar-refractivity contribution < 1.29 is 9.18 Å². The number of hydrogen-bond acceptors (Lipinski definition) is 3. The lowest BCUT2D eigenvalue weighted by molar-refractivity contribution is -0.0503. The summed E-state index contributed by atoms with van der Waals surface area (Å²) in [5.74, 6) is 1.87. The van der Waals surface area contributed by atoms with Gasteiger partial charge in [-0.2, -0.15) is 5.10 Å². The van der Waals surface area contributed by atoms with Crippen molar-refractivity contribution in [2.45, 2.75) is 58.3 Å². The Labute approximate surface area is 177 Å². The number of allylic oxidation sites excluding steroid dienone is 2. The number of nitrogens with two attached hydrogens (primary N) is 1. The number of aromatic nitrogens is 2. The van der Waals surface area contributed by atoms with Gasteiger partial charge in [-0.3, -0.25) is 4.79 Å². The van der Waals surface area contributed by atoms with Gasteiger partial charge < -0.3 is 11.1 Å². The molecule has 0 spiro atoms. The van der Waals surface area contributed by atoms with E-state index in [4.69, 9.17) is 5.73 Å². The maximum absolute atomic E-state index is 13.2. The average Bonchev–Trinajstić information content (AvgIpc) is 3.15. The van der Waals surface area contributed by atoms with Gasteiger partial charge in [-0.05, 0) is 73.7 Å². The van der Waals surface area contributed by atoms with E-state index in [0.29, 0.717) is 11.3 Å². The molecule has 0 aromatic carbocycles. The minimum Gasteiger partial charge on any atom is -0.368 e. The Morgan fingerprint density at radius 2 is 1.97 bits per heavy atom. The molecule has 162 valence electrons. The topological polar surface area (TPSA) is 85.3 Å². The fourth-order valence-corrected chi connectivity index (χ4v) is 6.22. The molecule has 4 aliphatic rings. The van der Waals surface area contributed by atoms with Crippen LogP contribution in [0.25, 0.3) is 0 Å². The zero-order chi connectivity index (χ0) is 21.5. The van der Waals surface area contributed by atoms with Crippen LogP contribution in [-0.4, -0.2) is 28.2 Å². The highest BCUT2D eigenvalue weighted by molar-refractivity contribution is 5.96. The first-order chi connectivity index (χ1) is 14.3. The predicted molar refractivity (Wildman–Crippen MR) is 116 cm³/mol. The minimum absolute atomic E-state index is 0.00552. The van der Waals surface area contributed by atoms with E-state index in [-0.39, 0.29) is 23.2 Å². The number of rotatable bonds is 6. The molecule has 4 fully saturated rings. The van der Waals surface area contributed by atoms with Crippen LogP contribution in [0.2, 0.25) is 0 Å². The minimum atomic E-state index is -0.595. The summed E-state index contributed by atoms with van der Waals surface area (Å²) in [7, 11) is 0. The van der Waals surface area contributed by atoms with Gasteiger partial charge in [-0.1, -0.05) is 20.4 Å². The number of halogens is 1. The number of aliphatic imine (C=N–C) groups is 1. The van der Waals surface area contributed by atoms with Gasteiger partial charge in [0.05, 0.1) is 17.5 Å². The zero-order valence-corrected chi connectivity index (χ0v) is 17.9. The maximum Gasteiger partial charge on any atom is 0.254 e. The Morgan fingerprint density at radius 1 is 1.37 bits per heavy atom. The van der Waals surface area contributed by atoms with E-state index >= 15 is 0 Å². The zero-order valence-electron chi connectivity index (χ0n) is 17.9. The molecule has 0 atom stereocenters. The first-order valence-electron chi connectivity index (χ1n) is 11.0. The second-order valence-corrected chi connectivity index (χ2v) is 9.83. The molecule has 0 radical (unpaired) electrons. The summed E-state index contributed by atoms with van der Waals surface area (Å²) in [4.78, 5) is 16.9. The second-order valence-electron chi connectivity index (χ2n) is 9.83. The van der Waals surface area contributed by atoms with E-state index in [9.17, 15) is 9.18 Å². The predicted octanol–water partition coefficient (Wildman–Crippen LogP) is 4.11. The molecule has 1 aromatic heterocycles. The molecule has 0 saturated heterocycles. The molecule has 30 heavy (non-hydrogen) atoms. The fourth-order valence-electron chi connectivity index (χ4n) is 6.22. The monoisotopic (exact) mass is 413 g/mol. The summed E-state index contributed by atoms with van der Waals surface area (Å²) < 4.78 is 14.6. The highest BCUT2D eigenvalue weighted by atomic mass is 19.1. The van der Waals surface area contributed by atoms with Gasteiger partial charge in [0, 0.05) is 12.7 Å². The number of hydrogen-bond donors (Lipinski definition) is 2. The lowest BCUT2D eigenvalue weighted by atomic mass is 9.49. The van der Waals surface area contributed by atoms with Crippen molar-refractivity contribution in [2.24, 2.45) is 33.9 Å². The van der Waals surface area contributed by atoms with Crippen LogP contribution < -0.4 is 11.1 Å². The van der Waals surface area contributed by atoms with E-state index in [1.54, 1.807) is 6.20 Å². The Bertz CT molecular complexity index is 862. The Kier molecular flexibility index (Phi) is 5.55. The van der Waals surface area contributed by atoms with E-state index in [1.807, 2.05) is 13.8 Å². The molecule has 4 aliphatic carbocycles. The van der Waals surface area contributed by atoms with Crippen LogP contribution in [0.4, 0.5) is 4.39 Å². The van der Waals surface area contributed by atoms with E-state index < -0.39 is 5.83 Å². The normalized spacial score (nSPS) is 30.7. The van der Waals surface area contributed by atoms with Gasteiger partial charge in [0.25, 0.3) is 5.91 Å². The third-order valence-electron chi connectivity index (χ3n) is 7.07. The van der Waals surface area contributed by atoms with Crippen molar-refractivity contribution in [3.05, 3.63) is 42.1 Å². The van der Waals surface area contributed by atoms with Crippen molar-refractivity contribution in [1.29, 1.82) is 0 Å². The number of nitrogens with zero attached hydrogens (tertiary/aromatic N) is 3. The van der Waals surface area contributed by atoms with Crippen LogP contribution in [0.3, 0.4) is 0 Å². The van der Waals surface area contributed by atoms with Crippen LogP contribution in [0.1, 0.15) is 74.3 Å². The van der Waals surface area contributed by atoms with Gasteiger partial charge in [-0.15, -0.1) is 0 Å². The molecular weight excluding hydrogens is 381 g/mol. The molecule has 1 amide bonds. The summed E-state index contributed by atoms with van der Waals surface area (Å²) in [6, 6.07) is 0. The second kappa shape index (κ2) is 8.00. The molecular formula is C23H32FN5O. The smallest absolute Gasteiger partial charge is 0.254 e. The van der Waals surface area contributed by atoms with Crippen LogP contribution in [0.5, 0.6) is 0 Å². The first-order valence-corrected chi connectivity index (χ1v) is 11.0. The van der Waals surface area contributed by atoms with Gasteiger partial charge >= 0.3 is 0 Å². The van der Waals surface area contributed by atoms with Crippen molar-refractivity contribution in [3.63, 3.8) is 0 Å². The summed E-state index contributed by atoms with van der Waals surface area (Å²) in [6.07, 6.45) is 11.5. The number of amides is 1. The van der Waals surface area contributed by atoms with E-state index in [2.05, 4.69) is 22.0 Å². The summed E-state index contributed by atoms with van der Waals surface area (Å²) in [5.41, 5.74) is 7.36. The Balaban J connectivity index is 1.49. The molecule has 4 saturated carbocycles. The highest BCUT2D eigenvalue weighted by Crippen LogP contribution is 2.59.